The first-order valence-electron chi connectivity index (χ1n) is 7.73. The van der Waals surface area contributed by atoms with Crippen molar-refractivity contribution in [3.05, 3.63) is 53.0 Å². The van der Waals surface area contributed by atoms with Gasteiger partial charge in [-0.05, 0) is 47.2 Å². The molecular formula is C18H19BrN2O3. The highest BCUT2D eigenvalue weighted by atomic mass is 79.9. The number of nitrogens with zero attached hydrogens (tertiary/aromatic N) is 1. The van der Waals surface area contributed by atoms with Crippen LogP contribution < -0.4 is 14.8 Å². The van der Waals surface area contributed by atoms with E-state index in [1.165, 1.54) is 0 Å². The number of hydrogen-bond donors (Lipinski definition) is 1. The van der Waals surface area contributed by atoms with Crippen LogP contribution in [0.4, 0.5) is 5.69 Å². The van der Waals surface area contributed by atoms with Gasteiger partial charge in [-0.15, -0.1) is 0 Å². The summed E-state index contributed by atoms with van der Waals surface area (Å²) in [7, 11) is 1.89. The van der Waals surface area contributed by atoms with Crippen LogP contribution in [0.25, 0.3) is 0 Å². The fraction of sp³-hybridized carbons (Fsp3) is 0.278. The molecule has 0 bridgehead atoms. The number of benzene rings is 2. The minimum atomic E-state index is -0.0961. The predicted octanol–water partition coefficient (Wildman–Crippen LogP) is 3.16. The molecule has 24 heavy (non-hydrogen) atoms. The lowest BCUT2D eigenvalue weighted by Gasteiger charge is -2.29. The Labute approximate surface area is 149 Å². The number of fused-ring (bicyclic) bond motifs is 1. The highest BCUT2D eigenvalue weighted by Crippen LogP contribution is 2.30. The van der Waals surface area contributed by atoms with Gasteiger partial charge in [-0.1, -0.05) is 24.3 Å². The van der Waals surface area contributed by atoms with Crippen LogP contribution >= 0.6 is 15.9 Å². The van der Waals surface area contributed by atoms with Gasteiger partial charge in [-0.25, -0.2) is 0 Å². The van der Waals surface area contributed by atoms with Crippen molar-refractivity contribution in [1.29, 1.82) is 0 Å². The zero-order valence-electron chi connectivity index (χ0n) is 13.4. The van der Waals surface area contributed by atoms with Crippen LogP contribution in [0.2, 0.25) is 0 Å². The summed E-state index contributed by atoms with van der Waals surface area (Å²) in [5.41, 5.74) is 0.766. The maximum atomic E-state index is 12.2. The lowest BCUT2D eigenvalue weighted by molar-refractivity contribution is -0.117. The molecular weight excluding hydrogens is 372 g/mol. The molecule has 0 saturated heterocycles. The van der Waals surface area contributed by atoms with Gasteiger partial charge in [0.05, 0.1) is 12.2 Å². The van der Waals surface area contributed by atoms with E-state index >= 15 is 0 Å². The Morgan fingerprint density at radius 2 is 1.92 bits per heavy atom. The van der Waals surface area contributed by atoms with Crippen molar-refractivity contribution >= 4 is 27.5 Å². The summed E-state index contributed by atoms with van der Waals surface area (Å²) in [6, 6.07) is 15.2. The molecule has 1 unspecified atom stereocenters. The van der Waals surface area contributed by atoms with Crippen LogP contribution in [0.1, 0.15) is 0 Å². The lowest BCUT2D eigenvalue weighted by atomic mass is 10.2. The maximum absolute atomic E-state index is 12.2. The molecule has 1 N–H and O–H groups in total. The van der Waals surface area contributed by atoms with Gasteiger partial charge in [-0.3, -0.25) is 9.69 Å². The van der Waals surface area contributed by atoms with Gasteiger partial charge in [0.15, 0.2) is 11.5 Å². The molecule has 0 fully saturated rings. The number of para-hydroxylation sites is 3. The van der Waals surface area contributed by atoms with Gasteiger partial charge in [0.25, 0.3) is 0 Å². The Morgan fingerprint density at radius 3 is 2.71 bits per heavy atom. The number of anilines is 1. The third-order valence-corrected chi connectivity index (χ3v) is 4.34. The lowest BCUT2D eigenvalue weighted by Crippen LogP contribution is -2.42. The molecule has 0 aliphatic carbocycles. The third kappa shape index (κ3) is 4.27. The highest BCUT2D eigenvalue weighted by Gasteiger charge is 2.22. The van der Waals surface area contributed by atoms with Crippen molar-refractivity contribution in [2.75, 3.05) is 32.1 Å². The Balaban J connectivity index is 1.50. The van der Waals surface area contributed by atoms with E-state index in [2.05, 4.69) is 21.2 Å². The summed E-state index contributed by atoms with van der Waals surface area (Å²) >= 11 is 3.42. The van der Waals surface area contributed by atoms with Crippen molar-refractivity contribution in [2.45, 2.75) is 6.10 Å². The molecule has 6 heteroatoms. The summed E-state index contributed by atoms with van der Waals surface area (Å²) in [6.07, 6.45) is -0.0961. The van der Waals surface area contributed by atoms with Gasteiger partial charge in [0, 0.05) is 11.0 Å². The SMILES string of the molecule is CN(CC(=O)Nc1ccccc1Br)CC1COc2ccccc2O1. The van der Waals surface area contributed by atoms with E-state index in [4.69, 9.17) is 9.47 Å². The minimum Gasteiger partial charge on any atom is -0.486 e. The van der Waals surface area contributed by atoms with E-state index in [1.807, 2.05) is 60.5 Å². The monoisotopic (exact) mass is 390 g/mol. The summed E-state index contributed by atoms with van der Waals surface area (Å²) in [5.74, 6) is 1.45. The second kappa shape index (κ2) is 7.68. The van der Waals surface area contributed by atoms with E-state index in [-0.39, 0.29) is 18.6 Å². The van der Waals surface area contributed by atoms with Crippen molar-refractivity contribution in [2.24, 2.45) is 0 Å². The van der Waals surface area contributed by atoms with Crippen LogP contribution in [0.3, 0.4) is 0 Å². The van der Waals surface area contributed by atoms with Gasteiger partial charge < -0.3 is 14.8 Å². The minimum absolute atomic E-state index is 0.0680. The summed E-state index contributed by atoms with van der Waals surface area (Å²) < 4.78 is 12.5. The number of ether oxygens (including phenoxy) is 2. The second-order valence-electron chi connectivity index (χ2n) is 5.72. The van der Waals surface area contributed by atoms with E-state index in [9.17, 15) is 4.79 Å². The quantitative estimate of drug-likeness (QED) is 0.851. The topological polar surface area (TPSA) is 50.8 Å². The molecule has 3 rings (SSSR count). The third-order valence-electron chi connectivity index (χ3n) is 3.64. The second-order valence-corrected chi connectivity index (χ2v) is 6.58. The van der Waals surface area contributed by atoms with Gasteiger partial charge in [-0.2, -0.15) is 0 Å². The average Bonchev–Trinajstić information content (AvgIpc) is 2.56. The average molecular weight is 391 g/mol. The number of likely N-dealkylation sites (N-methyl/N-ethyl adjacent to an activating group) is 1. The van der Waals surface area contributed by atoms with Crippen molar-refractivity contribution < 1.29 is 14.3 Å². The number of carbonyl (C=O) groups is 1. The number of nitrogens with one attached hydrogen (secondary N) is 1. The Bertz CT molecular complexity index is 723. The van der Waals surface area contributed by atoms with Crippen LogP contribution in [0, 0.1) is 0 Å². The molecule has 2 aromatic carbocycles. The normalized spacial score (nSPS) is 16.0. The molecule has 0 radical (unpaired) electrons. The first-order valence-corrected chi connectivity index (χ1v) is 8.52. The van der Waals surface area contributed by atoms with E-state index in [1.54, 1.807) is 0 Å². The number of amides is 1. The van der Waals surface area contributed by atoms with Crippen LogP contribution in [-0.2, 0) is 4.79 Å². The van der Waals surface area contributed by atoms with Crippen molar-refractivity contribution in [3.8, 4) is 11.5 Å². The largest absolute Gasteiger partial charge is 0.486 e. The molecule has 0 saturated carbocycles. The highest BCUT2D eigenvalue weighted by molar-refractivity contribution is 9.10. The molecule has 1 heterocycles. The van der Waals surface area contributed by atoms with Gasteiger partial charge in [0.2, 0.25) is 5.91 Å². The van der Waals surface area contributed by atoms with Gasteiger partial charge >= 0.3 is 0 Å². The fourth-order valence-electron chi connectivity index (χ4n) is 2.56. The van der Waals surface area contributed by atoms with E-state index in [0.717, 1.165) is 21.7 Å². The van der Waals surface area contributed by atoms with E-state index in [0.29, 0.717) is 13.2 Å². The van der Waals surface area contributed by atoms with Crippen molar-refractivity contribution in [1.82, 2.24) is 4.90 Å². The van der Waals surface area contributed by atoms with Crippen LogP contribution in [-0.4, -0.2) is 43.7 Å². The molecule has 1 amide bonds. The molecule has 1 aliphatic heterocycles. The smallest absolute Gasteiger partial charge is 0.238 e. The Hall–Kier alpha value is -2.05. The number of rotatable bonds is 5. The molecule has 1 aliphatic rings. The Kier molecular flexibility index (Phi) is 5.37. The zero-order chi connectivity index (χ0) is 16.9. The summed E-state index contributed by atoms with van der Waals surface area (Å²) in [6.45, 7) is 1.37. The van der Waals surface area contributed by atoms with Crippen molar-refractivity contribution in [3.63, 3.8) is 0 Å². The number of hydrogen-bond acceptors (Lipinski definition) is 4. The Morgan fingerprint density at radius 1 is 1.21 bits per heavy atom. The molecule has 126 valence electrons. The molecule has 0 aromatic heterocycles. The van der Waals surface area contributed by atoms with E-state index < -0.39 is 0 Å². The first-order chi connectivity index (χ1) is 11.6. The summed E-state index contributed by atoms with van der Waals surface area (Å²) in [4.78, 5) is 14.1. The molecule has 1 atom stereocenters. The molecule has 5 nitrogen and oxygen atoms in total. The zero-order valence-corrected chi connectivity index (χ0v) is 15.0. The predicted molar refractivity (Wildman–Crippen MR) is 96.6 cm³/mol. The molecule has 2 aromatic rings. The number of halogens is 1. The number of carbonyl (C=O) groups excluding carboxylic acids is 1. The standard InChI is InChI=1S/C18H19BrN2O3/c1-21(11-18(22)20-15-7-3-2-6-14(15)19)10-13-12-23-16-8-4-5-9-17(16)24-13/h2-9,13H,10-12H2,1H3,(H,20,22). The summed E-state index contributed by atoms with van der Waals surface area (Å²) in [5, 5.41) is 2.89. The maximum Gasteiger partial charge on any atom is 0.238 e. The van der Waals surface area contributed by atoms with Gasteiger partial charge in [0.1, 0.15) is 12.7 Å². The van der Waals surface area contributed by atoms with Crippen LogP contribution in [0.5, 0.6) is 11.5 Å². The molecule has 0 spiro atoms. The first kappa shape index (κ1) is 16.8. The van der Waals surface area contributed by atoms with Crippen LogP contribution in [0.15, 0.2) is 53.0 Å². The fourth-order valence-corrected chi connectivity index (χ4v) is 2.95.